The van der Waals surface area contributed by atoms with Gasteiger partial charge < -0.3 is 9.64 Å². The summed E-state index contributed by atoms with van der Waals surface area (Å²) in [5, 5.41) is 0.629. The molecule has 1 aliphatic heterocycles. The molecular formula is C17H15ClFNO2. The van der Waals surface area contributed by atoms with Gasteiger partial charge in [0, 0.05) is 24.2 Å². The molecule has 1 aliphatic rings. The molecule has 0 saturated carbocycles. The molecule has 0 spiro atoms. The van der Waals surface area contributed by atoms with Crippen LogP contribution in [0.3, 0.4) is 0 Å². The molecule has 0 unspecified atom stereocenters. The molecule has 1 heterocycles. The van der Waals surface area contributed by atoms with Gasteiger partial charge in [0.2, 0.25) is 0 Å². The first-order valence-electron chi connectivity index (χ1n) is 7.00. The molecule has 3 nitrogen and oxygen atoms in total. The van der Waals surface area contributed by atoms with Crippen molar-refractivity contribution in [3.8, 4) is 5.75 Å². The second-order valence-electron chi connectivity index (χ2n) is 5.31. The molecule has 0 aromatic heterocycles. The Labute approximate surface area is 133 Å². The number of hydrogen-bond acceptors (Lipinski definition) is 2. The van der Waals surface area contributed by atoms with Crippen LogP contribution in [0.15, 0.2) is 36.4 Å². The van der Waals surface area contributed by atoms with Crippen LogP contribution in [-0.2, 0) is 13.0 Å². The molecule has 114 valence electrons. The minimum Gasteiger partial charge on any atom is -0.489 e. The standard InChI is InChI=1S/C17H15ClFNO2/c1-20-7-6-15-11(8-13(19)9-16(15)17(20)21)10-22-14-4-2-12(18)3-5-14/h2-5,8-9H,6-7,10H2,1H3. The van der Waals surface area contributed by atoms with E-state index in [1.807, 2.05) is 0 Å². The molecule has 0 aliphatic carbocycles. The number of halogens is 2. The molecule has 5 heteroatoms. The van der Waals surface area contributed by atoms with Gasteiger partial charge in [0.25, 0.3) is 5.91 Å². The van der Waals surface area contributed by atoms with Crippen molar-refractivity contribution in [2.24, 2.45) is 0 Å². The van der Waals surface area contributed by atoms with E-state index in [1.54, 1.807) is 36.2 Å². The lowest BCUT2D eigenvalue weighted by Crippen LogP contribution is -2.35. The maximum Gasteiger partial charge on any atom is 0.254 e. The highest BCUT2D eigenvalue weighted by Crippen LogP contribution is 2.25. The molecule has 0 atom stereocenters. The zero-order valence-corrected chi connectivity index (χ0v) is 12.9. The minimum absolute atomic E-state index is 0.145. The van der Waals surface area contributed by atoms with Crippen LogP contribution >= 0.6 is 11.6 Å². The summed E-state index contributed by atoms with van der Waals surface area (Å²) >= 11 is 5.83. The lowest BCUT2D eigenvalue weighted by Gasteiger charge is -2.26. The van der Waals surface area contributed by atoms with Crippen LogP contribution in [0.25, 0.3) is 0 Å². The summed E-state index contributed by atoms with van der Waals surface area (Å²) in [7, 11) is 1.72. The molecule has 0 saturated heterocycles. The van der Waals surface area contributed by atoms with Gasteiger partial charge in [-0.3, -0.25) is 4.79 Å². The Kier molecular flexibility index (Phi) is 4.03. The third kappa shape index (κ3) is 2.92. The Balaban J connectivity index is 1.86. The summed E-state index contributed by atoms with van der Waals surface area (Å²) in [5.74, 6) is 0.0901. The first-order valence-corrected chi connectivity index (χ1v) is 7.37. The number of ether oxygens (including phenoxy) is 1. The molecule has 0 fully saturated rings. The zero-order chi connectivity index (χ0) is 15.7. The highest BCUT2D eigenvalue weighted by atomic mass is 35.5. The van der Waals surface area contributed by atoms with Gasteiger partial charge in [0.1, 0.15) is 18.2 Å². The van der Waals surface area contributed by atoms with Crippen molar-refractivity contribution >= 4 is 17.5 Å². The summed E-state index contributed by atoms with van der Waals surface area (Å²) in [4.78, 5) is 13.7. The molecule has 0 bridgehead atoms. The molecule has 2 aromatic rings. The Morgan fingerprint density at radius 1 is 1.27 bits per heavy atom. The molecule has 22 heavy (non-hydrogen) atoms. The fourth-order valence-corrected chi connectivity index (χ4v) is 2.71. The largest absolute Gasteiger partial charge is 0.489 e. The predicted molar refractivity (Wildman–Crippen MR) is 82.8 cm³/mol. The van der Waals surface area contributed by atoms with Gasteiger partial charge in [0.15, 0.2) is 0 Å². The fraction of sp³-hybridized carbons (Fsp3) is 0.235. The van der Waals surface area contributed by atoms with Crippen LogP contribution in [0.5, 0.6) is 5.75 Å². The predicted octanol–water partition coefficient (Wildman–Crippen LogP) is 3.69. The SMILES string of the molecule is CN1CCc2c(COc3ccc(Cl)cc3)cc(F)cc2C1=O. The summed E-state index contributed by atoms with van der Waals surface area (Å²) in [6.45, 7) is 0.851. The first kappa shape index (κ1) is 14.9. The smallest absolute Gasteiger partial charge is 0.254 e. The van der Waals surface area contributed by atoms with Gasteiger partial charge in [-0.15, -0.1) is 0 Å². The lowest BCUT2D eigenvalue weighted by molar-refractivity contribution is 0.0779. The van der Waals surface area contributed by atoms with E-state index < -0.39 is 5.82 Å². The van der Waals surface area contributed by atoms with E-state index in [0.29, 0.717) is 34.9 Å². The Bertz CT molecular complexity index is 715. The van der Waals surface area contributed by atoms with Crippen molar-refractivity contribution in [2.45, 2.75) is 13.0 Å². The molecule has 1 amide bonds. The number of nitrogens with zero attached hydrogens (tertiary/aromatic N) is 1. The topological polar surface area (TPSA) is 29.5 Å². The Morgan fingerprint density at radius 2 is 2.00 bits per heavy atom. The minimum atomic E-state index is -0.419. The van der Waals surface area contributed by atoms with Crippen LogP contribution in [0, 0.1) is 5.82 Å². The van der Waals surface area contributed by atoms with Gasteiger partial charge in [-0.05, 0) is 53.9 Å². The maximum atomic E-state index is 13.8. The van der Waals surface area contributed by atoms with Crippen molar-refractivity contribution in [3.63, 3.8) is 0 Å². The number of benzene rings is 2. The summed E-state index contributed by atoms with van der Waals surface area (Å²) in [6, 6.07) is 9.72. The Hall–Kier alpha value is -2.07. The molecule has 3 rings (SSSR count). The molecule has 0 N–H and O–H groups in total. The third-order valence-corrected chi connectivity index (χ3v) is 4.04. The van der Waals surface area contributed by atoms with E-state index in [9.17, 15) is 9.18 Å². The van der Waals surface area contributed by atoms with Gasteiger partial charge in [0.05, 0.1) is 0 Å². The quantitative estimate of drug-likeness (QED) is 0.863. The highest BCUT2D eigenvalue weighted by molar-refractivity contribution is 6.30. The number of carbonyl (C=O) groups is 1. The van der Waals surface area contributed by atoms with Crippen LogP contribution in [-0.4, -0.2) is 24.4 Å². The van der Waals surface area contributed by atoms with E-state index in [1.165, 1.54) is 12.1 Å². The first-order chi connectivity index (χ1) is 10.5. The number of fused-ring (bicyclic) bond motifs is 1. The molecule has 2 aromatic carbocycles. The number of amides is 1. The van der Waals surface area contributed by atoms with Gasteiger partial charge in [-0.2, -0.15) is 0 Å². The summed E-state index contributed by atoms with van der Waals surface area (Å²) in [6.07, 6.45) is 0.706. The van der Waals surface area contributed by atoms with Crippen molar-refractivity contribution < 1.29 is 13.9 Å². The van der Waals surface area contributed by atoms with Crippen LogP contribution in [0.4, 0.5) is 4.39 Å². The maximum absolute atomic E-state index is 13.8. The average molecular weight is 320 g/mol. The van der Waals surface area contributed by atoms with Crippen molar-refractivity contribution in [2.75, 3.05) is 13.6 Å². The van der Waals surface area contributed by atoms with E-state index in [4.69, 9.17) is 16.3 Å². The number of rotatable bonds is 3. The third-order valence-electron chi connectivity index (χ3n) is 3.79. The average Bonchev–Trinajstić information content (AvgIpc) is 2.50. The van der Waals surface area contributed by atoms with Crippen LogP contribution in [0.1, 0.15) is 21.5 Å². The van der Waals surface area contributed by atoms with Gasteiger partial charge in [-0.1, -0.05) is 11.6 Å². The zero-order valence-electron chi connectivity index (χ0n) is 12.1. The number of carbonyl (C=O) groups excluding carboxylic acids is 1. The Morgan fingerprint density at radius 3 is 2.73 bits per heavy atom. The van der Waals surface area contributed by atoms with Crippen molar-refractivity contribution in [3.05, 3.63) is 63.9 Å². The lowest BCUT2D eigenvalue weighted by atomic mass is 9.94. The van der Waals surface area contributed by atoms with Crippen LogP contribution < -0.4 is 4.74 Å². The second-order valence-corrected chi connectivity index (χ2v) is 5.75. The van der Waals surface area contributed by atoms with E-state index in [-0.39, 0.29) is 12.5 Å². The second kappa shape index (κ2) is 5.97. The van der Waals surface area contributed by atoms with Crippen LogP contribution in [0.2, 0.25) is 5.02 Å². The van der Waals surface area contributed by atoms with E-state index in [0.717, 1.165) is 5.56 Å². The molecule has 0 radical (unpaired) electrons. The summed E-state index contributed by atoms with van der Waals surface area (Å²) < 4.78 is 19.5. The summed E-state index contributed by atoms with van der Waals surface area (Å²) in [5.41, 5.74) is 2.02. The highest BCUT2D eigenvalue weighted by Gasteiger charge is 2.24. The molecular weight excluding hydrogens is 305 g/mol. The van der Waals surface area contributed by atoms with E-state index in [2.05, 4.69) is 0 Å². The van der Waals surface area contributed by atoms with Gasteiger partial charge >= 0.3 is 0 Å². The van der Waals surface area contributed by atoms with Gasteiger partial charge in [-0.25, -0.2) is 4.39 Å². The van der Waals surface area contributed by atoms with E-state index >= 15 is 0 Å². The van der Waals surface area contributed by atoms with Crippen molar-refractivity contribution in [1.29, 1.82) is 0 Å². The van der Waals surface area contributed by atoms with Crippen molar-refractivity contribution in [1.82, 2.24) is 4.90 Å². The fourth-order valence-electron chi connectivity index (χ4n) is 2.59. The monoisotopic (exact) mass is 319 g/mol. The number of hydrogen-bond donors (Lipinski definition) is 0. The number of likely N-dealkylation sites (N-methyl/N-ethyl adjacent to an activating group) is 1. The normalized spacial score (nSPS) is 14.0.